The van der Waals surface area contributed by atoms with Crippen LogP contribution in [0.3, 0.4) is 0 Å². The third-order valence-electron chi connectivity index (χ3n) is 2.60. The summed E-state index contributed by atoms with van der Waals surface area (Å²) in [6.45, 7) is 2.02. The largest absolute Gasteiger partial charge is 0.487 e. The molecule has 0 saturated heterocycles. The molecule has 0 spiro atoms. The lowest BCUT2D eigenvalue weighted by Gasteiger charge is -2.09. The summed E-state index contributed by atoms with van der Waals surface area (Å²) in [4.78, 5) is 0. The van der Waals surface area contributed by atoms with Gasteiger partial charge in [0.1, 0.15) is 24.2 Å². The summed E-state index contributed by atoms with van der Waals surface area (Å²) in [5.74, 6) is 0.175. The highest BCUT2D eigenvalue weighted by atomic mass is 19.1. The molecule has 90 valence electrons. The molecule has 2 nitrogen and oxygen atoms in total. The van der Waals surface area contributed by atoms with Crippen LogP contribution in [0.25, 0.3) is 0 Å². The fourth-order valence-electron chi connectivity index (χ4n) is 1.63. The standard InChI is InChI=1S/C15H12FNO/c1-11-6-7-15(13(8-11)9-17)18-10-12-4-2-3-5-14(12)16/h2-8H,10H2,1H3. The van der Waals surface area contributed by atoms with Gasteiger partial charge >= 0.3 is 0 Å². The molecular weight excluding hydrogens is 229 g/mol. The van der Waals surface area contributed by atoms with E-state index in [1.54, 1.807) is 30.3 Å². The quantitative estimate of drug-likeness (QED) is 0.822. The van der Waals surface area contributed by atoms with Gasteiger partial charge < -0.3 is 4.74 Å². The van der Waals surface area contributed by atoms with Crippen LogP contribution in [0.2, 0.25) is 0 Å². The van der Waals surface area contributed by atoms with Gasteiger partial charge in [0.2, 0.25) is 0 Å². The Labute approximate surface area is 105 Å². The van der Waals surface area contributed by atoms with Gasteiger partial charge in [0.25, 0.3) is 0 Å². The normalized spacial score (nSPS) is 9.83. The first kappa shape index (κ1) is 12.1. The van der Waals surface area contributed by atoms with Gasteiger partial charge in [-0.25, -0.2) is 4.39 Å². The third kappa shape index (κ3) is 2.67. The van der Waals surface area contributed by atoms with E-state index in [0.29, 0.717) is 16.9 Å². The van der Waals surface area contributed by atoms with Crippen LogP contribution in [0.1, 0.15) is 16.7 Å². The van der Waals surface area contributed by atoms with Crippen molar-refractivity contribution in [2.75, 3.05) is 0 Å². The number of nitriles is 1. The molecule has 0 amide bonds. The molecule has 0 radical (unpaired) electrons. The highest BCUT2D eigenvalue weighted by molar-refractivity contribution is 5.45. The van der Waals surface area contributed by atoms with Crippen molar-refractivity contribution in [3.05, 3.63) is 65.0 Å². The second-order valence-corrected chi connectivity index (χ2v) is 3.99. The number of nitrogens with zero attached hydrogens (tertiary/aromatic N) is 1. The van der Waals surface area contributed by atoms with Gasteiger partial charge in [0.05, 0.1) is 5.56 Å². The second-order valence-electron chi connectivity index (χ2n) is 3.99. The minimum Gasteiger partial charge on any atom is -0.487 e. The molecule has 0 heterocycles. The Morgan fingerprint density at radius 1 is 1.22 bits per heavy atom. The fraction of sp³-hybridized carbons (Fsp3) is 0.133. The maximum absolute atomic E-state index is 13.4. The molecule has 0 aromatic heterocycles. The molecule has 0 atom stereocenters. The first-order valence-electron chi connectivity index (χ1n) is 5.57. The average Bonchev–Trinajstić information content (AvgIpc) is 2.39. The lowest BCUT2D eigenvalue weighted by atomic mass is 10.1. The van der Waals surface area contributed by atoms with Crippen molar-refractivity contribution in [1.82, 2.24) is 0 Å². The van der Waals surface area contributed by atoms with Crippen LogP contribution in [0.15, 0.2) is 42.5 Å². The Morgan fingerprint density at radius 2 is 2.00 bits per heavy atom. The molecule has 0 aliphatic carbocycles. The van der Waals surface area contributed by atoms with Gasteiger partial charge in [-0.3, -0.25) is 0 Å². The number of benzene rings is 2. The zero-order chi connectivity index (χ0) is 13.0. The summed E-state index contributed by atoms with van der Waals surface area (Å²) in [6.07, 6.45) is 0. The molecule has 0 fully saturated rings. The van der Waals surface area contributed by atoms with Crippen LogP contribution < -0.4 is 4.74 Å². The lowest BCUT2D eigenvalue weighted by Crippen LogP contribution is -1.99. The van der Waals surface area contributed by atoms with E-state index in [4.69, 9.17) is 10.00 Å². The summed E-state index contributed by atoms with van der Waals surface area (Å²) in [5, 5.41) is 8.99. The molecule has 0 saturated carbocycles. The summed E-state index contributed by atoms with van der Waals surface area (Å²) in [7, 11) is 0. The van der Waals surface area contributed by atoms with E-state index in [-0.39, 0.29) is 12.4 Å². The van der Waals surface area contributed by atoms with Gasteiger partial charge in [-0.2, -0.15) is 5.26 Å². The number of rotatable bonds is 3. The Bertz CT molecular complexity index is 602. The minimum atomic E-state index is -0.303. The Hall–Kier alpha value is -2.34. The zero-order valence-corrected chi connectivity index (χ0v) is 9.98. The molecule has 3 heteroatoms. The predicted octanol–water partition coefficient (Wildman–Crippen LogP) is 3.58. The van der Waals surface area contributed by atoms with Crippen LogP contribution in [0.5, 0.6) is 5.75 Å². The van der Waals surface area contributed by atoms with Crippen LogP contribution in [0.4, 0.5) is 4.39 Å². The number of ether oxygens (including phenoxy) is 1. The summed E-state index contributed by atoms with van der Waals surface area (Å²) >= 11 is 0. The lowest BCUT2D eigenvalue weighted by molar-refractivity contribution is 0.299. The first-order chi connectivity index (χ1) is 8.70. The van der Waals surface area contributed by atoms with Gasteiger partial charge in [-0.15, -0.1) is 0 Å². The molecule has 0 N–H and O–H groups in total. The third-order valence-corrected chi connectivity index (χ3v) is 2.60. The highest BCUT2D eigenvalue weighted by Crippen LogP contribution is 2.20. The smallest absolute Gasteiger partial charge is 0.137 e. The second kappa shape index (κ2) is 5.33. The van der Waals surface area contributed by atoms with E-state index in [2.05, 4.69) is 6.07 Å². The molecule has 0 aliphatic rings. The van der Waals surface area contributed by atoms with E-state index >= 15 is 0 Å². The maximum Gasteiger partial charge on any atom is 0.137 e. The van der Waals surface area contributed by atoms with E-state index in [9.17, 15) is 4.39 Å². The van der Waals surface area contributed by atoms with Crippen molar-refractivity contribution in [2.24, 2.45) is 0 Å². The average molecular weight is 241 g/mol. The summed E-state index contributed by atoms with van der Waals surface area (Å²) in [6, 6.07) is 13.8. The molecule has 2 aromatic carbocycles. The number of halogens is 1. The minimum absolute atomic E-state index is 0.115. The van der Waals surface area contributed by atoms with E-state index in [1.165, 1.54) is 6.07 Å². The summed E-state index contributed by atoms with van der Waals surface area (Å²) in [5.41, 5.74) is 1.93. The molecule has 0 bridgehead atoms. The molecule has 0 aliphatic heterocycles. The van der Waals surface area contributed by atoms with Crippen molar-refractivity contribution in [2.45, 2.75) is 13.5 Å². The number of aryl methyl sites for hydroxylation is 1. The van der Waals surface area contributed by atoms with E-state index in [0.717, 1.165) is 5.56 Å². The Balaban J connectivity index is 2.16. The van der Waals surface area contributed by atoms with Crippen LogP contribution >= 0.6 is 0 Å². The predicted molar refractivity (Wildman–Crippen MR) is 66.6 cm³/mol. The zero-order valence-electron chi connectivity index (χ0n) is 9.98. The Morgan fingerprint density at radius 3 is 2.72 bits per heavy atom. The van der Waals surface area contributed by atoms with Crippen molar-refractivity contribution in [1.29, 1.82) is 5.26 Å². The van der Waals surface area contributed by atoms with E-state index in [1.807, 2.05) is 13.0 Å². The van der Waals surface area contributed by atoms with Gasteiger partial charge in [0, 0.05) is 5.56 Å². The molecule has 18 heavy (non-hydrogen) atoms. The Kier molecular flexibility index (Phi) is 3.59. The summed E-state index contributed by atoms with van der Waals surface area (Å²) < 4.78 is 18.9. The van der Waals surface area contributed by atoms with E-state index < -0.39 is 0 Å². The topological polar surface area (TPSA) is 33.0 Å². The SMILES string of the molecule is Cc1ccc(OCc2ccccc2F)c(C#N)c1. The molecule has 2 aromatic rings. The van der Waals surface area contributed by atoms with Crippen LogP contribution in [0, 0.1) is 24.1 Å². The van der Waals surface area contributed by atoms with Crippen molar-refractivity contribution >= 4 is 0 Å². The number of hydrogen-bond donors (Lipinski definition) is 0. The fourth-order valence-corrected chi connectivity index (χ4v) is 1.63. The van der Waals surface area contributed by atoms with Crippen molar-refractivity contribution in [3.63, 3.8) is 0 Å². The van der Waals surface area contributed by atoms with Crippen LogP contribution in [-0.2, 0) is 6.61 Å². The first-order valence-corrected chi connectivity index (χ1v) is 5.57. The van der Waals surface area contributed by atoms with Crippen LogP contribution in [-0.4, -0.2) is 0 Å². The molecular formula is C15H12FNO. The number of hydrogen-bond acceptors (Lipinski definition) is 2. The van der Waals surface area contributed by atoms with Crippen molar-refractivity contribution < 1.29 is 9.13 Å². The maximum atomic E-state index is 13.4. The molecule has 2 rings (SSSR count). The van der Waals surface area contributed by atoms with Gasteiger partial charge in [0.15, 0.2) is 0 Å². The molecule has 0 unspecified atom stereocenters. The monoisotopic (exact) mass is 241 g/mol. The highest BCUT2D eigenvalue weighted by Gasteiger charge is 2.06. The van der Waals surface area contributed by atoms with Gasteiger partial charge in [-0.05, 0) is 30.7 Å². The van der Waals surface area contributed by atoms with Gasteiger partial charge in [-0.1, -0.05) is 24.3 Å². The van der Waals surface area contributed by atoms with Crippen molar-refractivity contribution in [3.8, 4) is 11.8 Å².